The van der Waals surface area contributed by atoms with E-state index in [-0.39, 0.29) is 11.4 Å². The average Bonchev–Trinajstić information content (AvgIpc) is 2.77. The number of carbonyl (C=O) groups excluding carboxylic acids is 1. The summed E-state index contributed by atoms with van der Waals surface area (Å²) in [4.78, 5) is 15.3. The molecule has 1 aromatic rings. The Morgan fingerprint density at radius 1 is 1.50 bits per heavy atom. The van der Waals surface area contributed by atoms with Gasteiger partial charge in [0.05, 0.1) is 21.9 Å². The molecule has 0 bridgehead atoms. The van der Waals surface area contributed by atoms with Crippen molar-refractivity contribution in [2.45, 2.75) is 26.3 Å². The van der Waals surface area contributed by atoms with E-state index in [2.05, 4.69) is 40.0 Å². The van der Waals surface area contributed by atoms with Crippen LogP contribution in [0.3, 0.4) is 0 Å². The molecule has 1 amide bonds. The fourth-order valence-electron chi connectivity index (χ4n) is 2.24. The smallest absolute Gasteiger partial charge is 0.261 e. The Morgan fingerprint density at radius 3 is 2.70 bits per heavy atom. The Labute approximate surface area is 132 Å². The van der Waals surface area contributed by atoms with Gasteiger partial charge in [0.1, 0.15) is 0 Å². The molecule has 2 rings (SSSR count). The molecule has 2 heterocycles. The fourth-order valence-corrected chi connectivity index (χ4v) is 3.69. The van der Waals surface area contributed by atoms with Crippen LogP contribution >= 0.6 is 27.3 Å². The summed E-state index contributed by atoms with van der Waals surface area (Å²) in [7, 11) is 0. The first-order valence-electron chi connectivity index (χ1n) is 6.77. The lowest BCUT2D eigenvalue weighted by Gasteiger charge is -2.40. The van der Waals surface area contributed by atoms with Crippen LogP contribution in [0.5, 0.6) is 0 Å². The van der Waals surface area contributed by atoms with Crippen LogP contribution in [0.25, 0.3) is 0 Å². The van der Waals surface area contributed by atoms with Gasteiger partial charge in [0.2, 0.25) is 0 Å². The van der Waals surface area contributed by atoms with Crippen molar-refractivity contribution in [1.82, 2.24) is 10.2 Å². The minimum absolute atomic E-state index is 0.00475. The number of hydrogen-bond acceptors (Lipinski definition) is 4. The van der Waals surface area contributed by atoms with E-state index in [1.165, 1.54) is 11.3 Å². The van der Waals surface area contributed by atoms with Crippen LogP contribution in [0.1, 0.15) is 29.1 Å². The maximum atomic E-state index is 12.2. The van der Waals surface area contributed by atoms with Crippen molar-refractivity contribution < 1.29 is 9.53 Å². The van der Waals surface area contributed by atoms with Crippen LogP contribution in [-0.4, -0.2) is 49.2 Å². The van der Waals surface area contributed by atoms with E-state index in [0.717, 1.165) is 40.5 Å². The zero-order valence-corrected chi connectivity index (χ0v) is 14.6. The van der Waals surface area contributed by atoms with Gasteiger partial charge >= 0.3 is 0 Å². The molecular weight excluding hydrogens is 340 g/mol. The number of morpholine rings is 1. The number of hydrogen-bond donors (Lipinski definition) is 1. The lowest BCUT2D eigenvalue weighted by Crippen LogP contribution is -2.55. The Bertz CT molecular complexity index is 462. The number of rotatable bonds is 4. The lowest BCUT2D eigenvalue weighted by molar-refractivity contribution is -0.00922. The van der Waals surface area contributed by atoms with Gasteiger partial charge < -0.3 is 10.1 Å². The third-order valence-electron chi connectivity index (χ3n) is 3.63. The molecule has 20 heavy (non-hydrogen) atoms. The van der Waals surface area contributed by atoms with Crippen molar-refractivity contribution >= 4 is 33.2 Å². The summed E-state index contributed by atoms with van der Waals surface area (Å²) in [6, 6.07) is 1.92. The van der Waals surface area contributed by atoms with Crippen molar-refractivity contribution in [2.24, 2.45) is 0 Å². The van der Waals surface area contributed by atoms with Gasteiger partial charge in [-0.1, -0.05) is 0 Å². The van der Waals surface area contributed by atoms with Crippen molar-refractivity contribution in [1.29, 1.82) is 0 Å². The highest BCUT2D eigenvalue weighted by Crippen LogP contribution is 2.27. The highest BCUT2D eigenvalue weighted by atomic mass is 79.9. The fraction of sp³-hybridized carbons (Fsp3) is 0.643. The van der Waals surface area contributed by atoms with Crippen molar-refractivity contribution in [3.05, 3.63) is 20.3 Å². The largest absolute Gasteiger partial charge is 0.379 e. The Hall–Kier alpha value is -0.430. The summed E-state index contributed by atoms with van der Waals surface area (Å²) >= 11 is 4.93. The Morgan fingerprint density at radius 2 is 2.15 bits per heavy atom. The minimum atomic E-state index is -0.0526. The number of thiophene rings is 1. The quantitative estimate of drug-likeness (QED) is 0.897. The Balaban J connectivity index is 1.91. The van der Waals surface area contributed by atoms with E-state index >= 15 is 0 Å². The number of halogens is 1. The van der Waals surface area contributed by atoms with E-state index in [1.54, 1.807) is 0 Å². The molecule has 4 nitrogen and oxygen atoms in total. The molecule has 1 fully saturated rings. The van der Waals surface area contributed by atoms with Crippen LogP contribution in [0.4, 0.5) is 0 Å². The first kappa shape index (κ1) is 15.9. The van der Waals surface area contributed by atoms with E-state index in [9.17, 15) is 4.79 Å². The lowest BCUT2D eigenvalue weighted by atomic mass is 10.0. The summed E-state index contributed by atoms with van der Waals surface area (Å²) < 4.78 is 6.40. The highest BCUT2D eigenvalue weighted by Gasteiger charge is 2.28. The van der Waals surface area contributed by atoms with Gasteiger partial charge in [-0.2, -0.15) is 0 Å². The molecule has 1 saturated heterocycles. The Kier molecular flexibility index (Phi) is 5.23. The second-order valence-electron chi connectivity index (χ2n) is 5.66. The normalized spacial score (nSPS) is 17.2. The number of nitrogens with one attached hydrogen (secondary N) is 1. The highest BCUT2D eigenvalue weighted by molar-refractivity contribution is 9.11. The number of nitrogens with zero attached hydrogens (tertiary/aromatic N) is 1. The summed E-state index contributed by atoms with van der Waals surface area (Å²) in [5.41, 5.74) is 1.05. The van der Waals surface area contributed by atoms with Crippen LogP contribution in [0, 0.1) is 6.92 Å². The predicted molar refractivity (Wildman–Crippen MR) is 85.6 cm³/mol. The predicted octanol–water partition coefficient (Wildman–Crippen LogP) is 2.66. The van der Waals surface area contributed by atoms with E-state index in [4.69, 9.17) is 4.74 Å². The SMILES string of the molecule is Cc1cc(C(=O)NCC(C)(C)N2CCOCC2)sc1Br. The molecule has 0 unspecified atom stereocenters. The van der Waals surface area contributed by atoms with Crippen LogP contribution in [0.2, 0.25) is 0 Å². The molecule has 0 atom stereocenters. The van der Waals surface area contributed by atoms with Crippen LogP contribution in [-0.2, 0) is 4.74 Å². The minimum Gasteiger partial charge on any atom is -0.379 e. The molecule has 0 spiro atoms. The molecule has 0 aromatic carbocycles. The van der Waals surface area contributed by atoms with E-state index in [1.807, 2.05) is 13.0 Å². The third-order valence-corrected chi connectivity index (χ3v) is 5.77. The zero-order chi connectivity index (χ0) is 14.8. The number of carbonyl (C=O) groups is 1. The van der Waals surface area contributed by atoms with Crippen LogP contribution in [0.15, 0.2) is 9.85 Å². The van der Waals surface area contributed by atoms with Gasteiger partial charge in [-0.15, -0.1) is 11.3 Å². The van der Waals surface area contributed by atoms with Gasteiger partial charge in [0.25, 0.3) is 5.91 Å². The van der Waals surface area contributed by atoms with Gasteiger partial charge in [0.15, 0.2) is 0 Å². The zero-order valence-electron chi connectivity index (χ0n) is 12.2. The number of amides is 1. The molecule has 1 aromatic heterocycles. The maximum Gasteiger partial charge on any atom is 0.261 e. The topological polar surface area (TPSA) is 41.6 Å². The first-order valence-corrected chi connectivity index (χ1v) is 8.38. The summed E-state index contributed by atoms with van der Waals surface area (Å²) in [5.74, 6) is 0.00475. The maximum absolute atomic E-state index is 12.2. The number of aryl methyl sites for hydroxylation is 1. The molecule has 1 N–H and O–H groups in total. The van der Waals surface area contributed by atoms with Gasteiger partial charge in [-0.3, -0.25) is 9.69 Å². The molecule has 6 heteroatoms. The van der Waals surface area contributed by atoms with Crippen molar-refractivity contribution in [3.8, 4) is 0 Å². The average molecular weight is 361 g/mol. The molecule has 0 aliphatic carbocycles. The second-order valence-corrected chi connectivity index (χ2v) is 8.03. The van der Waals surface area contributed by atoms with E-state index in [0.29, 0.717) is 6.54 Å². The molecule has 0 saturated carbocycles. The van der Waals surface area contributed by atoms with Gasteiger partial charge in [-0.25, -0.2) is 0 Å². The molecule has 112 valence electrons. The monoisotopic (exact) mass is 360 g/mol. The van der Waals surface area contributed by atoms with Crippen LogP contribution < -0.4 is 5.32 Å². The van der Waals surface area contributed by atoms with E-state index < -0.39 is 0 Å². The molecule has 0 radical (unpaired) electrons. The second kappa shape index (κ2) is 6.56. The van der Waals surface area contributed by atoms with Crippen molar-refractivity contribution in [2.75, 3.05) is 32.8 Å². The number of ether oxygens (including phenoxy) is 1. The van der Waals surface area contributed by atoms with Crippen molar-refractivity contribution in [3.63, 3.8) is 0 Å². The summed E-state index contributed by atoms with van der Waals surface area (Å²) in [6.07, 6.45) is 0. The van der Waals surface area contributed by atoms with Gasteiger partial charge in [0, 0.05) is 25.2 Å². The standard InChI is InChI=1S/C14H21BrN2O2S/c1-10-8-11(20-12(10)15)13(18)16-9-14(2,3)17-4-6-19-7-5-17/h8H,4-7,9H2,1-3H3,(H,16,18). The van der Waals surface area contributed by atoms with Gasteiger partial charge in [-0.05, 0) is 48.3 Å². The molecule has 1 aliphatic heterocycles. The molecular formula is C14H21BrN2O2S. The summed E-state index contributed by atoms with van der Waals surface area (Å²) in [6.45, 7) is 10.3. The first-order chi connectivity index (χ1) is 9.40. The summed E-state index contributed by atoms with van der Waals surface area (Å²) in [5, 5.41) is 3.05. The molecule has 1 aliphatic rings. The third kappa shape index (κ3) is 3.81.